The molecule has 0 amide bonds. The molecule has 0 radical (unpaired) electrons. The summed E-state index contributed by atoms with van der Waals surface area (Å²) in [5, 5.41) is 0. The van der Waals surface area contributed by atoms with Crippen molar-refractivity contribution in [2.45, 2.75) is 31.8 Å². The van der Waals surface area contributed by atoms with Crippen LogP contribution in [0.5, 0.6) is 0 Å². The molecular weight excluding hydrogens is 280 g/mol. The number of ether oxygens (including phenoxy) is 2. The molecule has 0 N–H and O–H groups in total. The van der Waals surface area contributed by atoms with E-state index in [2.05, 4.69) is 0 Å². The second kappa shape index (κ2) is 6.86. The lowest BCUT2D eigenvalue weighted by Gasteiger charge is -2.22. The molecule has 4 nitrogen and oxygen atoms in total. The first-order chi connectivity index (χ1) is 9.60. The highest BCUT2D eigenvalue weighted by Gasteiger charge is 2.24. The van der Waals surface area contributed by atoms with Gasteiger partial charge in [0, 0.05) is 24.6 Å². The second-order valence-corrected chi connectivity index (χ2v) is 5.18. The van der Waals surface area contributed by atoms with E-state index in [9.17, 15) is 9.59 Å². The molecule has 108 valence electrons. The van der Waals surface area contributed by atoms with Crippen LogP contribution >= 0.6 is 11.6 Å². The molecule has 0 saturated carbocycles. The number of ketones is 1. The molecule has 2 atom stereocenters. The van der Waals surface area contributed by atoms with Gasteiger partial charge in [0.05, 0.1) is 6.10 Å². The first kappa shape index (κ1) is 15.0. The number of methoxy groups -OCH3 is 1. The third-order valence-corrected chi connectivity index (χ3v) is 3.69. The van der Waals surface area contributed by atoms with Crippen LogP contribution in [0.1, 0.15) is 25.7 Å². The van der Waals surface area contributed by atoms with E-state index in [0.29, 0.717) is 12.2 Å². The van der Waals surface area contributed by atoms with Crippen molar-refractivity contribution in [2.75, 3.05) is 7.11 Å². The Morgan fingerprint density at radius 1 is 1.30 bits per heavy atom. The summed E-state index contributed by atoms with van der Waals surface area (Å²) >= 11 is 5.14. The highest BCUT2D eigenvalue weighted by Crippen LogP contribution is 2.27. The fourth-order valence-electron chi connectivity index (χ4n) is 2.45. The maximum absolute atomic E-state index is 12.4. The average molecular weight is 297 g/mol. The summed E-state index contributed by atoms with van der Waals surface area (Å²) in [7, 11) is 1.69. The topological polar surface area (TPSA) is 52.6 Å². The van der Waals surface area contributed by atoms with E-state index in [1.54, 1.807) is 25.3 Å². The second-order valence-electron chi connectivity index (χ2n) is 4.87. The number of rotatable bonds is 4. The van der Waals surface area contributed by atoms with E-state index in [-0.39, 0.29) is 17.8 Å². The number of hydrogen-bond acceptors (Lipinski definition) is 4. The zero-order valence-corrected chi connectivity index (χ0v) is 12.1. The van der Waals surface area contributed by atoms with Gasteiger partial charge < -0.3 is 9.47 Å². The van der Waals surface area contributed by atoms with Crippen molar-refractivity contribution in [3.05, 3.63) is 35.6 Å². The number of halogens is 1. The molecule has 0 bridgehead atoms. The Morgan fingerprint density at radius 3 is 2.60 bits per heavy atom. The summed E-state index contributed by atoms with van der Waals surface area (Å²) in [4.78, 5) is 23.0. The monoisotopic (exact) mass is 296 g/mol. The van der Waals surface area contributed by atoms with Gasteiger partial charge in [-0.05, 0) is 43.4 Å². The van der Waals surface area contributed by atoms with Crippen LogP contribution < -0.4 is 0 Å². The van der Waals surface area contributed by atoms with Crippen LogP contribution in [0.4, 0.5) is 4.79 Å². The zero-order valence-electron chi connectivity index (χ0n) is 11.3. The molecule has 2 aliphatic carbocycles. The van der Waals surface area contributed by atoms with Crippen LogP contribution in [0.2, 0.25) is 0 Å². The van der Waals surface area contributed by atoms with Gasteiger partial charge in [0.25, 0.3) is 0 Å². The highest BCUT2D eigenvalue weighted by molar-refractivity contribution is 6.61. The zero-order chi connectivity index (χ0) is 14.5. The van der Waals surface area contributed by atoms with Gasteiger partial charge in [-0.15, -0.1) is 0 Å². The van der Waals surface area contributed by atoms with E-state index >= 15 is 0 Å². The fourth-order valence-corrected chi connectivity index (χ4v) is 2.54. The SMILES string of the molecule is COC1CC=C(C(=O)C2C=CC(OC(=O)Cl)=CC2)CC1. The molecule has 0 fully saturated rings. The Hall–Kier alpha value is -1.39. The molecule has 2 aliphatic rings. The smallest absolute Gasteiger partial charge is 0.409 e. The molecule has 20 heavy (non-hydrogen) atoms. The van der Waals surface area contributed by atoms with E-state index < -0.39 is 5.43 Å². The van der Waals surface area contributed by atoms with Crippen LogP contribution in [-0.2, 0) is 14.3 Å². The Kier molecular flexibility index (Phi) is 5.15. The maximum Gasteiger partial charge on any atom is 0.409 e. The molecule has 0 aliphatic heterocycles. The van der Waals surface area contributed by atoms with Crippen molar-refractivity contribution in [1.29, 1.82) is 0 Å². The average Bonchev–Trinajstić information content (AvgIpc) is 2.47. The van der Waals surface area contributed by atoms with E-state index in [0.717, 1.165) is 24.8 Å². The van der Waals surface area contributed by atoms with Crippen molar-refractivity contribution >= 4 is 22.8 Å². The molecule has 0 saturated heterocycles. The first-order valence-corrected chi connectivity index (χ1v) is 6.99. The molecule has 0 aromatic carbocycles. The minimum atomic E-state index is -0.869. The van der Waals surface area contributed by atoms with E-state index in [1.807, 2.05) is 6.08 Å². The summed E-state index contributed by atoms with van der Waals surface area (Å²) < 4.78 is 10.0. The standard InChI is InChI=1S/C15H17ClO4/c1-19-12-6-2-10(3-7-12)14(17)11-4-8-13(9-5-11)20-15(16)18/h2,4,8-9,11-12H,3,5-7H2,1H3. The maximum atomic E-state index is 12.4. The molecule has 0 spiro atoms. The number of allylic oxidation sites excluding steroid dienone is 4. The molecule has 0 aromatic rings. The van der Waals surface area contributed by atoms with Crippen molar-refractivity contribution in [3.63, 3.8) is 0 Å². The van der Waals surface area contributed by atoms with Crippen molar-refractivity contribution < 1.29 is 19.1 Å². The third-order valence-electron chi connectivity index (χ3n) is 3.61. The minimum absolute atomic E-state index is 0.142. The lowest BCUT2D eigenvalue weighted by atomic mass is 9.86. The predicted octanol–water partition coefficient (Wildman–Crippen LogP) is 3.52. The molecular formula is C15H17ClO4. The van der Waals surface area contributed by atoms with Crippen LogP contribution in [-0.4, -0.2) is 24.4 Å². The van der Waals surface area contributed by atoms with Gasteiger partial charge >= 0.3 is 5.43 Å². The summed E-state index contributed by atoms with van der Waals surface area (Å²) in [5.74, 6) is 0.354. The van der Waals surface area contributed by atoms with Crippen LogP contribution in [0.3, 0.4) is 0 Å². The van der Waals surface area contributed by atoms with Crippen molar-refractivity contribution in [2.24, 2.45) is 5.92 Å². The quantitative estimate of drug-likeness (QED) is 0.745. The Morgan fingerprint density at radius 2 is 2.10 bits per heavy atom. The summed E-state index contributed by atoms with van der Waals surface area (Å²) in [6.07, 6.45) is 10.3. The van der Waals surface area contributed by atoms with Gasteiger partial charge in [-0.1, -0.05) is 12.2 Å². The van der Waals surface area contributed by atoms with Crippen molar-refractivity contribution in [1.82, 2.24) is 0 Å². The fraction of sp³-hybridized carbons (Fsp3) is 0.467. The van der Waals surface area contributed by atoms with Crippen LogP contribution in [0.15, 0.2) is 35.6 Å². The minimum Gasteiger partial charge on any atom is -0.415 e. The van der Waals surface area contributed by atoms with E-state index in [4.69, 9.17) is 21.1 Å². The Balaban J connectivity index is 1.93. The van der Waals surface area contributed by atoms with Gasteiger partial charge in [0.1, 0.15) is 5.76 Å². The van der Waals surface area contributed by atoms with Crippen LogP contribution in [0.25, 0.3) is 0 Å². The van der Waals surface area contributed by atoms with Crippen molar-refractivity contribution in [3.8, 4) is 0 Å². The molecule has 5 heteroatoms. The first-order valence-electron chi connectivity index (χ1n) is 6.62. The summed E-state index contributed by atoms with van der Waals surface area (Å²) in [6, 6.07) is 0. The summed E-state index contributed by atoms with van der Waals surface area (Å²) in [5.41, 5.74) is 0.00501. The molecule has 2 rings (SSSR count). The van der Waals surface area contributed by atoms with Gasteiger partial charge in [-0.25, -0.2) is 4.79 Å². The van der Waals surface area contributed by atoms with Gasteiger partial charge in [-0.3, -0.25) is 4.79 Å². The number of carbonyl (C=O) groups is 2. The third kappa shape index (κ3) is 3.81. The largest absolute Gasteiger partial charge is 0.415 e. The normalized spacial score (nSPS) is 25.7. The number of Topliss-reactive ketones (excluding diaryl/α,β-unsaturated/α-hetero) is 1. The molecule has 2 unspecified atom stereocenters. The van der Waals surface area contributed by atoms with Gasteiger partial charge in [0.15, 0.2) is 5.78 Å². The van der Waals surface area contributed by atoms with E-state index in [1.165, 1.54) is 0 Å². The van der Waals surface area contributed by atoms with Gasteiger partial charge in [0.2, 0.25) is 0 Å². The summed E-state index contributed by atoms with van der Waals surface area (Å²) in [6.45, 7) is 0. The Labute approximate surface area is 123 Å². The number of hydrogen-bond donors (Lipinski definition) is 0. The molecule has 0 heterocycles. The highest BCUT2D eigenvalue weighted by atomic mass is 35.5. The Bertz CT molecular complexity index is 490. The lowest BCUT2D eigenvalue weighted by molar-refractivity contribution is -0.118. The van der Waals surface area contributed by atoms with Crippen LogP contribution in [0, 0.1) is 5.92 Å². The van der Waals surface area contributed by atoms with Gasteiger partial charge in [-0.2, -0.15) is 0 Å². The number of carbonyl (C=O) groups excluding carboxylic acids is 2. The predicted molar refractivity (Wildman–Crippen MR) is 75.4 cm³/mol. The molecule has 0 aromatic heterocycles. The lowest BCUT2D eigenvalue weighted by Crippen LogP contribution is -2.21.